The number of likely N-dealkylation sites (N-methyl/N-ethyl adjacent to an activating group) is 1. The molecule has 0 unspecified atom stereocenters. The third kappa shape index (κ3) is 4.64. The van der Waals surface area contributed by atoms with Gasteiger partial charge in [-0.3, -0.25) is 18.7 Å². The molecule has 0 radical (unpaired) electrons. The van der Waals surface area contributed by atoms with E-state index in [2.05, 4.69) is 21.2 Å². The monoisotopic (exact) mass is 472 g/mol. The van der Waals surface area contributed by atoms with E-state index in [9.17, 15) is 14.4 Å². The van der Waals surface area contributed by atoms with Crippen LogP contribution in [0.15, 0.2) is 51.7 Å². The van der Waals surface area contributed by atoms with Crippen molar-refractivity contribution in [3.8, 4) is 0 Å². The maximum Gasteiger partial charge on any atom is 0.329 e. The summed E-state index contributed by atoms with van der Waals surface area (Å²) in [6.45, 7) is 4.27. The summed E-state index contributed by atoms with van der Waals surface area (Å²) in [4.78, 5) is 39.3. The van der Waals surface area contributed by atoms with Crippen molar-refractivity contribution in [2.75, 3.05) is 18.9 Å². The summed E-state index contributed by atoms with van der Waals surface area (Å²) in [5, 5.41) is 2.82. The van der Waals surface area contributed by atoms with Gasteiger partial charge < -0.3 is 10.2 Å². The van der Waals surface area contributed by atoms with E-state index in [0.29, 0.717) is 17.7 Å². The molecule has 0 fully saturated rings. The number of anilines is 1. The molecule has 158 valence electrons. The zero-order chi connectivity index (χ0) is 21.8. The van der Waals surface area contributed by atoms with Crippen LogP contribution in [0, 0.1) is 6.92 Å². The van der Waals surface area contributed by atoms with Gasteiger partial charge in [-0.25, -0.2) is 4.79 Å². The molecule has 0 aliphatic rings. The first-order valence-corrected chi connectivity index (χ1v) is 10.6. The smallest absolute Gasteiger partial charge is 0.329 e. The fourth-order valence-electron chi connectivity index (χ4n) is 3.38. The van der Waals surface area contributed by atoms with E-state index in [1.165, 1.54) is 9.47 Å². The zero-order valence-corrected chi connectivity index (χ0v) is 18.9. The molecule has 0 atom stereocenters. The minimum Gasteiger partial charge on any atom is -0.335 e. The summed E-state index contributed by atoms with van der Waals surface area (Å²) in [6, 6.07) is 13.0. The Hall–Kier alpha value is -2.87. The Morgan fingerprint density at radius 2 is 1.77 bits per heavy atom. The van der Waals surface area contributed by atoms with Gasteiger partial charge in [0.1, 0.15) is 6.54 Å². The quantitative estimate of drug-likeness (QED) is 0.572. The number of hydrogen-bond donors (Lipinski definition) is 1. The lowest BCUT2D eigenvalue weighted by molar-refractivity contribution is -0.133. The van der Waals surface area contributed by atoms with Gasteiger partial charge in [0.25, 0.3) is 0 Å². The highest BCUT2D eigenvalue weighted by atomic mass is 79.9. The molecule has 0 bridgehead atoms. The second-order valence-electron chi connectivity index (χ2n) is 7.27. The van der Waals surface area contributed by atoms with Crippen molar-refractivity contribution in [3.63, 3.8) is 0 Å². The predicted molar refractivity (Wildman–Crippen MR) is 122 cm³/mol. The first-order valence-electron chi connectivity index (χ1n) is 9.79. The number of benzene rings is 2. The Labute approximate surface area is 183 Å². The fourth-order valence-corrected chi connectivity index (χ4v) is 3.86. The molecular formula is C22H25BrN4O3. The first kappa shape index (κ1) is 21.8. The van der Waals surface area contributed by atoms with E-state index in [0.717, 1.165) is 22.0 Å². The Kier molecular flexibility index (Phi) is 6.77. The molecule has 30 heavy (non-hydrogen) atoms. The lowest BCUT2D eigenvalue weighted by Gasteiger charge is -2.17. The van der Waals surface area contributed by atoms with Crippen LogP contribution in [0.5, 0.6) is 0 Å². The predicted octanol–water partition coefficient (Wildman–Crippen LogP) is 3.38. The van der Waals surface area contributed by atoms with Crippen LogP contribution in [-0.2, 0) is 22.7 Å². The maximum atomic E-state index is 12.8. The van der Waals surface area contributed by atoms with E-state index >= 15 is 0 Å². The molecule has 0 aliphatic heterocycles. The van der Waals surface area contributed by atoms with Crippen molar-refractivity contribution in [2.45, 2.75) is 33.4 Å². The molecule has 1 aromatic heterocycles. The van der Waals surface area contributed by atoms with E-state index in [1.807, 2.05) is 50.2 Å². The number of rotatable bonds is 7. The fraction of sp³-hybridized carbons (Fsp3) is 0.318. The molecule has 3 aromatic rings. The number of amides is 2. The lowest BCUT2D eigenvalue weighted by Crippen LogP contribution is -2.38. The largest absolute Gasteiger partial charge is 0.335 e. The van der Waals surface area contributed by atoms with E-state index in [1.54, 1.807) is 17.7 Å². The van der Waals surface area contributed by atoms with Crippen molar-refractivity contribution < 1.29 is 9.59 Å². The number of hydrogen-bond acceptors (Lipinski definition) is 3. The zero-order valence-electron chi connectivity index (χ0n) is 17.3. The number of para-hydroxylation sites is 2. The Balaban J connectivity index is 1.72. The number of aromatic nitrogens is 2. The van der Waals surface area contributed by atoms with Gasteiger partial charge in [-0.1, -0.05) is 35.0 Å². The van der Waals surface area contributed by atoms with Crippen molar-refractivity contribution in [2.24, 2.45) is 0 Å². The van der Waals surface area contributed by atoms with Crippen LogP contribution in [-0.4, -0.2) is 39.4 Å². The number of carbonyl (C=O) groups excluding carboxylic acids is 2. The molecule has 2 amide bonds. The number of halogens is 1. The van der Waals surface area contributed by atoms with Gasteiger partial charge >= 0.3 is 5.69 Å². The highest BCUT2D eigenvalue weighted by molar-refractivity contribution is 9.10. The van der Waals surface area contributed by atoms with E-state index < -0.39 is 0 Å². The van der Waals surface area contributed by atoms with Crippen LogP contribution < -0.4 is 11.0 Å². The molecule has 0 saturated carbocycles. The van der Waals surface area contributed by atoms with Crippen molar-refractivity contribution in [3.05, 3.63) is 63.0 Å². The molecule has 3 rings (SSSR count). The van der Waals surface area contributed by atoms with Gasteiger partial charge in [0.2, 0.25) is 11.8 Å². The topological polar surface area (TPSA) is 76.3 Å². The van der Waals surface area contributed by atoms with Gasteiger partial charge in [-0.05, 0) is 49.2 Å². The Morgan fingerprint density at radius 3 is 2.40 bits per heavy atom. The molecule has 0 saturated heterocycles. The third-order valence-corrected chi connectivity index (χ3v) is 5.43. The normalized spacial score (nSPS) is 10.9. The van der Waals surface area contributed by atoms with Gasteiger partial charge in [-0.15, -0.1) is 0 Å². The van der Waals surface area contributed by atoms with Crippen LogP contribution in [0.4, 0.5) is 5.69 Å². The number of carbonyl (C=O) groups is 2. The van der Waals surface area contributed by atoms with Gasteiger partial charge in [0.15, 0.2) is 0 Å². The minimum atomic E-state index is -0.306. The average Bonchev–Trinajstić information content (AvgIpc) is 2.96. The highest BCUT2D eigenvalue weighted by Gasteiger charge is 2.19. The van der Waals surface area contributed by atoms with Crippen molar-refractivity contribution in [1.29, 1.82) is 0 Å². The molecule has 0 spiro atoms. The number of nitrogens with one attached hydrogen (secondary N) is 1. The van der Waals surface area contributed by atoms with Crippen LogP contribution in [0.3, 0.4) is 0 Å². The van der Waals surface area contributed by atoms with Gasteiger partial charge in [0, 0.05) is 23.8 Å². The highest BCUT2D eigenvalue weighted by Crippen LogP contribution is 2.20. The van der Waals surface area contributed by atoms with Crippen molar-refractivity contribution in [1.82, 2.24) is 14.0 Å². The van der Waals surface area contributed by atoms with Gasteiger partial charge in [0.05, 0.1) is 17.6 Å². The third-order valence-electron chi connectivity index (χ3n) is 4.93. The molecule has 2 aromatic carbocycles. The van der Waals surface area contributed by atoms with Crippen LogP contribution in [0.25, 0.3) is 11.0 Å². The summed E-state index contributed by atoms with van der Waals surface area (Å²) >= 11 is 3.39. The number of fused-ring (bicyclic) bond motifs is 1. The minimum absolute atomic E-state index is 0.101. The molecular weight excluding hydrogens is 448 g/mol. The summed E-state index contributed by atoms with van der Waals surface area (Å²) in [6.07, 6.45) is 0.817. The molecule has 0 aliphatic carbocycles. The second kappa shape index (κ2) is 9.30. The van der Waals surface area contributed by atoms with E-state index in [4.69, 9.17) is 0 Å². The standard InChI is InChI=1S/C22H25BrN4O3/c1-4-11-26-18-7-5-6-8-19(18)27(22(26)30)14-21(29)25(3)13-20(28)24-17-10-9-16(23)12-15(17)2/h5-10,12H,4,11,13-14H2,1-3H3,(H,24,28). The van der Waals surface area contributed by atoms with Gasteiger partial charge in [-0.2, -0.15) is 0 Å². The van der Waals surface area contributed by atoms with E-state index in [-0.39, 0.29) is 30.6 Å². The summed E-state index contributed by atoms with van der Waals surface area (Å²) in [5.41, 5.74) is 2.93. The SMILES string of the molecule is CCCn1c(=O)n(CC(=O)N(C)CC(=O)Nc2ccc(Br)cc2C)c2ccccc21. The number of aryl methyl sites for hydroxylation is 2. The van der Waals surface area contributed by atoms with Crippen LogP contribution in [0.2, 0.25) is 0 Å². The summed E-state index contributed by atoms with van der Waals surface area (Å²) in [5.74, 6) is -0.601. The summed E-state index contributed by atoms with van der Waals surface area (Å²) in [7, 11) is 1.56. The first-order chi connectivity index (χ1) is 14.3. The Bertz CT molecular complexity index is 1150. The lowest BCUT2D eigenvalue weighted by atomic mass is 10.2. The molecule has 1 N–H and O–H groups in total. The van der Waals surface area contributed by atoms with Crippen LogP contribution in [0.1, 0.15) is 18.9 Å². The molecule has 1 heterocycles. The molecule has 8 heteroatoms. The maximum absolute atomic E-state index is 12.8. The summed E-state index contributed by atoms with van der Waals surface area (Å²) < 4.78 is 4.09. The second-order valence-corrected chi connectivity index (χ2v) is 8.18. The Morgan fingerprint density at radius 1 is 1.10 bits per heavy atom. The number of imidazole rings is 1. The van der Waals surface area contributed by atoms with Crippen LogP contribution >= 0.6 is 15.9 Å². The molecule has 7 nitrogen and oxygen atoms in total. The average molecular weight is 473 g/mol. The number of nitrogens with zero attached hydrogens (tertiary/aromatic N) is 3. The van der Waals surface area contributed by atoms with Crippen molar-refractivity contribution >= 4 is 44.5 Å².